The van der Waals surface area contributed by atoms with Crippen LogP contribution in [0.1, 0.15) is 44.1 Å². The van der Waals surface area contributed by atoms with Gasteiger partial charge in [0.1, 0.15) is 12.1 Å². The van der Waals surface area contributed by atoms with Crippen LogP contribution in [-0.2, 0) is 39.7 Å². The van der Waals surface area contributed by atoms with E-state index in [1.807, 2.05) is 0 Å². The molecular weight excluding hydrogens is 500 g/mol. The molecule has 3 aliphatic rings. The maximum absolute atomic E-state index is 13.3. The van der Waals surface area contributed by atoms with Crippen LogP contribution in [-0.4, -0.2) is 85.6 Å². The summed E-state index contributed by atoms with van der Waals surface area (Å²) in [4.78, 5) is 52.7. The van der Waals surface area contributed by atoms with Crippen molar-refractivity contribution in [3.05, 3.63) is 35.9 Å². The van der Waals surface area contributed by atoms with Crippen LogP contribution < -0.4 is 11.1 Å². The minimum Gasteiger partial charge on any atom is -0.463 e. The molecule has 2 heterocycles. The molecule has 2 amide bonds. The number of nitrogens with two attached hydrogens (primary N) is 1. The lowest BCUT2D eigenvalue weighted by atomic mass is 9.80. The number of ketones is 1. The highest BCUT2D eigenvalue weighted by Gasteiger charge is 2.48. The van der Waals surface area contributed by atoms with Gasteiger partial charge in [-0.2, -0.15) is 4.31 Å². The molecule has 0 radical (unpaired) electrons. The first kappa shape index (κ1) is 27.2. The Bertz CT molecular complexity index is 1130. The number of sulfonamides is 1. The molecule has 3 fully saturated rings. The van der Waals surface area contributed by atoms with E-state index in [0.717, 1.165) is 7.11 Å². The molecular formula is C25H34N4O7S. The number of amides is 2. The summed E-state index contributed by atoms with van der Waals surface area (Å²) in [5.74, 6) is -3.30. The Balaban J connectivity index is 1.44. The maximum atomic E-state index is 13.3. The molecule has 1 saturated carbocycles. The molecule has 4 rings (SSSR count). The molecule has 1 aliphatic carbocycles. The van der Waals surface area contributed by atoms with Gasteiger partial charge in [-0.3, -0.25) is 14.4 Å². The summed E-state index contributed by atoms with van der Waals surface area (Å²) in [6.07, 6.45) is 3.31. The zero-order valence-corrected chi connectivity index (χ0v) is 21.7. The zero-order valence-electron chi connectivity index (χ0n) is 20.9. The van der Waals surface area contributed by atoms with Crippen molar-refractivity contribution in [3.8, 4) is 0 Å². The van der Waals surface area contributed by atoms with Crippen molar-refractivity contribution in [1.82, 2.24) is 14.5 Å². The van der Waals surface area contributed by atoms with Crippen molar-refractivity contribution in [3.63, 3.8) is 0 Å². The van der Waals surface area contributed by atoms with Crippen molar-refractivity contribution < 1.29 is 32.3 Å². The minimum atomic E-state index is -3.73. The van der Waals surface area contributed by atoms with Crippen LogP contribution >= 0.6 is 0 Å². The standard InChI is InChI=1S/C25H34N4O7S/c1-36-25(33)23(31)22(17-7-9-18(26)10-8-17)27-24(32)20-12-11-19-13-28(14-21(30)29(19)20)37(34,35)15-16-5-3-2-4-6-16/h2-6,17-20,22H,7-15,26H2,1H3,(H,27,32)/t17?,18?,19-,20-,22-/m0/s1. The summed E-state index contributed by atoms with van der Waals surface area (Å²) in [5, 5.41) is 2.73. The van der Waals surface area contributed by atoms with E-state index in [4.69, 9.17) is 5.73 Å². The van der Waals surface area contributed by atoms with Crippen molar-refractivity contribution >= 4 is 33.6 Å². The second-order valence-corrected chi connectivity index (χ2v) is 12.1. The van der Waals surface area contributed by atoms with Crippen molar-refractivity contribution in [1.29, 1.82) is 0 Å². The number of carbonyl (C=O) groups is 4. The first-order valence-corrected chi connectivity index (χ1v) is 14.2. The third-order valence-corrected chi connectivity index (χ3v) is 9.42. The topological polar surface area (TPSA) is 156 Å². The number of rotatable bonds is 8. The van der Waals surface area contributed by atoms with E-state index in [0.29, 0.717) is 44.1 Å². The molecule has 0 unspecified atom stereocenters. The van der Waals surface area contributed by atoms with Gasteiger partial charge in [0.2, 0.25) is 21.8 Å². The molecule has 0 spiro atoms. The van der Waals surface area contributed by atoms with Crippen molar-refractivity contribution in [2.75, 3.05) is 20.2 Å². The van der Waals surface area contributed by atoms with Gasteiger partial charge in [-0.05, 0) is 50.0 Å². The summed E-state index contributed by atoms with van der Waals surface area (Å²) in [5.41, 5.74) is 6.61. The Hall–Kier alpha value is -2.83. The molecule has 0 aromatic heterocycles. The zero-order chi connectivity index (χ0) is 26.7. The van der Waals surface area contributed by atoms with Gasteiger partial charge in [0.25, 0.3) is 5.78 Å². The SMILES string of the molecule is COC(=O)C(=O)[C@@H](NC(=O)[C@@H]1CC[C@H]2CN(S(=O)(=O)Cc3ccccc3)CC(=O)N21)C1CCC(N)CC1. The lowest BCUT2D eigenvalue weighted by Crippen LogP contribution is -2.61. The third-order valence-electron chi connectivity index (χ3n) is 7.66. The number of hydrogen-bond donors (Lipinski definition) is 2. The molecule has 3 atom stereocenters. The van der Waals surface area contributed by atoms with Crippen LogP contribution in [0, 0.1) is 5.92 Å². The normalized spacial score (nSPS) is 27.3. The number of nitrogens with one attached hydrogen (secondary N) is 1. The number of fused-ring (bicyclic) bond motifs is 1. The van der Waals surface area contributed by atoms with Gasteiger partial charge in [0, 0.05) is 18.6 Å². The first-order chi connectivity index (χ1) is 17.6. The Morgan fingerprint density at radius 3 is 2.41 bits per heavy atom. The Labute approximate surface area is 216 Å². The van der Waals surface area contributed by atoms with E-state index in [-0.39, 0.29) is 30.8 Å². The van der Waals surface area contributed by atoms with E-state index >= 15 is 0 Å². The molecule has 1 aromatic rings. The number of Topliss-reactive ketones (excluding diaryl/α,β-unsaturated/α-hetero) is 1. The number of hydrogen-bond acceptors (Lipinski definition) is 8. The van der Waals surface area contributed by atoms with Crippen LogP contribution in [0.25, 0.3) is 0 Å². The van der Waals surface area contributed by atoms with Crippen LogP contribution in [0.4, 0.5) is 0 Å². The number of ether oxygens (including phenoxy) is 1. The number of carbonyl (C=O) groups excluding carboxylic acids is 4. The molecule has 0 bridgehead atoms. The molecule has 3 N–H and O–H groups in total. The van der Waals surface area contributed by atoms with Crippen LogP contribution in [0.5, 0.6) is 0 Å². The molecule has 2 aliphatic heterocycles. The predicted octanol–water partition coefficient (Wildman–Crippen LogP) is -0.0640. The highest BCUT2D eigenvalue weighted by Crippen LogP contribution is 2.31. The van der Waals surface area contributed by atoms with Gasteiger partial charge in [0.05, 0.1) is 19.4 Å². The Kier molecular flexibility index (Phi) is 8.29. The van der Waals surface area contributed by atoms with Crippen LogP contribution in [0.15, 0.2) is 30.3 Å². The second kappa shape index (κ2) is 11.3. The first-order valence-electron chi connectivity index (χ1n) is 12.6. The fraction of sp³-hybridized carbons (Fsp3) is 0.600. The fourth-order valence-electron chi connectivity index (χ4n) is 5.67. The minimum absolute atomic E-state index is 0.0171. The summed E-state index contributed by atoms with van der Waals surface area (Å²) < 4.78 is 31.8. The monoisotopic (exact) mass is 534 g/mol. The smallest absolute Gasteiger partial charge is 0.376 e. The predicted molar refractivity (Wildman–Crippen MR) is 133 cm³/mol. The lowest BCUT2D eigenvalue weighted by Gasteiger charge is -2.39. The molecule has 1 aromatic carbocycles. The Morgan fingerprint density at radius 2 is 1.76 bits per heavy atom. The van der Waals surface area contributed by atoms with Gasteiger partial charge in [-0.25, -0.2) is 13.2 Å². The van der Waals surface area contributed by atoms with E-state index in [1.54, 1.807) is 30.3 Å². The summed E-state index contributed by atoms with van der Waals surface area (Å²) in [7, 11) is -2.62. The molecule has 12 heteroatoms. The summed E-state index contributed by atoms with van der Waals surface area (Å²) in [6, 6.07) is 6.43. The van der Waals surface area contributed by atoms with E-state index in [1.165, 1.54) is 9.21 Å². The molecule has 2 saturated heterocycles. The van der Waals surface area contributed by atoms with Crippen molar-refractivity contribution in [2.24, 2.45) is 11.7 Å². The largest absolute Gasteiger partial charge is 0.463 e. The van der Waals surface area contributed by atoms with Gasteiger partial charge < -0.3 is 20.7 Å². The maximum Gasteiger partial charge on any atom is 0.376 e. The molecule has 202 valence electrons. The van der Waals surface area contributed by atoms with Crippen LogP contribution in [0.2, 0.25) is 0 Å². The summed E-state index contributed by atoms with van der Waals surface area (Å²) >= 11 is 0. The number of piperazine rings is 1. The van der Waals surface area contributed by atoms with Gasteiger partial charge in [-0.15, -0.1) is 0 Å². The van der Waals surface area contributed by atoms with E-state index < -0.39 is 51.7 Å². The van der Waals surface area contributed by atoms with Crippen LogP contribution in [0.3, 0.4) is 0 Å². The number of esters is 1. The second-order valence-electron chi connectivity index (χ2n) is 10.1. The highest BCUT2D eigenvalue weighted by atomic mass is 32.2. The van der Waals surface area contributed by atoms with Gasteiger partial charge in [-0.1, -0.05) is 30.3 Å². The van der Waals surface area contributed by atoms with E-state index in [9.17, 15) is 27.6 Å². The van der Waals surface area contributed by atoms with Crippen molar-refractivity contribution in [2.45, 2.75) is 68.4 Å². The van der Waals surface area contributed by atoms with Gasteiger partial charge >= 0.3 is 5.97 Å². The van der Waals surface area contributed by atoms with Gasteiger partial charge in [0.15, 0.2) is 0 Å². The van der Waals surface area contributed by atoms with E-state index in [2.05, 4.69) is 10.1 Å². The third kappa shape index (κ3) is 6.02. The average molecular weight is 535 g/mol. The molecule has 11 nitrogen and oxygen atoms in total. The average Bonchev–Trinajstić information content (AvgIpc) is 3.32. The fourth-order valence-corrected chi connectivity index (χ4v) is 7.17. The Morgan fingerprint density at radius 1 is 1.08 bits per heavy atom. The number of nitrogens with zero attached hydrogens (tertiary/aromatic N) is 2. The lowest BCUT2D eigenvalue weighted by molar-refractivity contribution is -0.154. The molecule has 37 heavy (non-hydrogen) atoms. The number of methoxy groups -OCH3 is 1. The summed E-state index contributed by atoms with van der Waals surface area (Å²) in [6.45, 7) is -0.240. The number of benzene rings is 1. The highest BCUT2D eigenvalue weighted by molar-refractivity contribution is 7.88. The quantitative estimate of drug-likeness (QED) is 0.347.